The van der Waals surface area contributed by atoms with E-state index in [1.165, 1.54) is 12.1 Å². The lowest BCUT2D eigenvalue weighted by molar-refractivity contribution is -0.137. The van der Waals surface area contributed by atoms with Crippen LogP contribution >= 0.6 is 0 Å². The van der Waals surface area contributed by atoms with Gasteiger partial charge in [0, 0.05) is 12.6 Å². The number of nitrogens with one attached hydrogen (secondary N) is 1. The minimum Gasteiger partial charge on any atom is -0.368 e. The van der Waals surface area contributed by atoms with Crippen LogP contribution in [0.4, 0.5) is 19.0 Å². The molecule has 1 aliphatic heterocycles. The maximum Gasteiger partial charge on any atom is 0.416 e. The molecule has 154 valence electrons. The molecule has 2 unspecified atom stereocenters. The number of rotatable bonds is 4. The van der Waals surface area contributed by atoms with E-state index in [0.29, 0.717) is 18.0 Å². The van der Waals surface area contributed by atoms with Gasteiger partial charge < -0.3 is 5.32 Å². The number of fused-ring (bicyclic) bond motifs is 1. The van der Waals surface area contributed by atoms with Crippen LogP contribution in [-0.2, 0) is 6.18 Å². The molecule has 0 aliphatic carbocycles. The number of benzene rings is 1. The minimum absolute atomic E-state index is 0.0545. The Morgan fingerprint density at radius 3 is 2.59 bits per heavy atom. The highest BCUT2D eigenvalue weighted by Gasteiger charge is 2.33. The molecular formula is C20H23F3N6. The van der Waals surface area contributed by atoms with Gasteiger partial charge in [-0.3, -0.25) is 4.90 Å². The first-order chi connectivity index (χ1) is 13.8. The van der Waals surface area contributed by atoms with Gasteiger partial charge in [0.15, 0.2) is 11.5 Å². The molecule has 0 bridgehead atoms. The molecule has 29 heavy (non-hydrogen) atoms. The number of alkyl halides is 3. The number of halogens is 3. The molecule has 0 amide bonds. The summed E-state index contributed by atoms with van der Waals surface area (Å²) in [5.74, 6) is 1.69. The zero-order chi connectivity index (χ0) is 20.6. The van der Waals surface area contributed by atoms with Gasteiger partial charge in [-0.05, 0) is 69.1 Å². The monoisotopic (exact) mass is 404 g/mol. The fourth-order valence-electron chi connectivity index (χ4n) is 4.10. The van der Waals surface area contributed by atoms with Gasteiger partial charge in [0.2, 0.25) is 0 Å². The Morgan fingerprint density at radius 1 is 1.10 bits per heavy atom. The molecule has 0 radical (unpaired) electrons. The summed E-state index contributed by atoms with van der Waals surface area (Å²) in [5, 5.41) is 15.9. The van der Waals surface area contributed by atoms with Crippen LogP contribution in [0.5, 0.6) is 0 Å². The maximum absolute atomic E-state index is 12.9. The zero-order valence-corrected chi connectivity index (χ0v) is 16.3. The number of hydrogen-bond donors (Lipinski definition) is 1. The van der Waals surface area contributed by atoms with Crippen molar-refractivity contribution < 1.29 is 13.2 Å². The van der Waals surface area contributed by atoms with E-state index in [4.69, 9.17) is 0 Å². The van der Waals surface area contributed by atoms with Crippen LogP contribution in [0.25, 0.3) is 5.65 Å². The van der Waals surface area contributed by atoms with Crippen molar-refractivity contribution in [2.45, 2.75) is 32.0 Å². The summed E-state index contributed by atoms with van der Waals surface area (Å²) in [6, 6.07) is 9.33. The number of aromatic nitrogens is 4. The molecule has 2 aromatic heterocycles. The van der Waals surface area contributed by atoms with Gasteiger partial charge in [-0.15, -0.1) is 15.3 Å². The third-order valence-electron chi connectivity index (χ3n) is 5.55. The average molecular weight is 404 g/mol. The summed E-state index contributed by atoms with van der Waals surface area (Å²) >= 11 is 0. The molecule has 1 aliphatic rings. The van der Waals surface area contributed by atoms with E-state index in [1.54, 1.807) is 16.6 Å². The summed E-state index contributed by atoms with van der Waals surface area (Å²) in [6.45, 7) is 3.44. The third-order valence-corrected chi connectivity index (χ3v) is 5.55. The van der Waals surface area contributed by atoms with E-state index in [-0.39, 0.29) is 12.0 Å². The fourth-order valence-corrected chi connectivity index (χ4v) is 4.10. The molecule has 1 N–H and O–H groups in total. The SMILES string of the molecule is Cc1nnc2ccc(NCC3CCCN(C)C3c3ccc(C(F)(F)F)cc3)nn12. The van der Waals surface area contributed by atoms with Crippen molar-refractivity contribution in [3.05, 3.63) is 53.3 Å². The Morgan fingerprint density at radius 2 is 1.86 bits per heavy atom. The van der Waals surface area contributed by atoms with Crippen molar-refractivity contribution in [1.82, 2.24) is 24.7 Å². The summed E-state index contributed by atoms with van der Waals surface area (Å²) in [6.07, 6.45) is -2.27. The molecule has 3 aromatic rings. The Balaban J connectivity index is 1.52. The van der Waals surface area contributed by atoms with E-state index in [1.807, 2.05) is 26.1 Å². The highest BCUT2D eigenvalue weighted by molar-refractivity contribution is 5.44. The average Bonchev–Trinajstić information content (AvgIpc) is 3.06. The molecule has 1 saturated heterocycles. The first kappa shape index (κ1) is 19.6. The first-order valence-corrected chi connectivity index (χ1v) is 9.63. The first-order valence-electron chi connectivity index (χ1n) is 9.63. The standard InChI is InChI=1S/C20H23F3N6/c1-13-25-26-18-10-9-17(27-29(13)18)24-12-15-4-3-11-28(2)19(15)14-5-7-16(8-6-14)20(21,22)23/h5-10,15,19H,3-4,11-12H2,1-2H3,(H,24,27). The third kappa shape index (κ3) is 4.05. The number of piperidine rings is 1. The van der Waals surface area contributed by atoms with Crippen LogP contribution in [0.15, 0.2) is 36.4 Å². The molecule has 1 fully saturated rings. The smallest absolute Gasteiger partial charge is 0.368 e. The van der Waals surface area contributed by atoms with Crippen LogP contribution in [0.1, 0.15) is 35.8 Å². The molecular weight excluding hydrogens is 381 g/mol. The number of aryl methyl sites for hydroxylation is 1. The second-order valence-electron chi connectivity index (χ2n) is 7.56. The Labute approximate surface area is 166 Å². The van der Waals surface area contributed by atoms with Gasteiger partial charge in [0.1, 0.15) is 5.82 Å². The lowest BCUT2D eigenvalue weighted by Gasteiger charge is -2.39. The number of nitrogens with zero attached hydrogens (tertiary/aromatic N) is 5. The molecule has 6 nitrogen and oxygen atoms in total. The summed E-state index contributed by atoms with van der Waals surface area (Å²) in [7, 11) is 2.03. The van der Waals surface area contributed by atoms with Gasteiger partial charge >= 0.3 is 6.18 Å². The highest BCUT2D eigenvalue weighted by Crippen LogP contribution is 2.37. The Kier molecular flexibility index (Phi) is 5.16. The second kappa shape index (κ2) is 7.62. The molecule has 1 aromatic carbocycles. The second-order valence-corrected chi connectivity index (χ2v) is 7.56. The lowest BCUT2D eigenvalue weighted by Crippen LogP contribution is -2.39. The van der Waals surface area contributed by atoms with Crippen molar-refractivity contribution in [3.63, 3.8) is 0 Å². The van der Waals surface area contributed by atoms with E-state index in [0.717, 1.165) is 30.8 Å². The fraction of sp³-hybridized carbons (Fsp3) is 0.450. The maximum atomic E-state index is 12.9. The van der Waals surface area contributed by atoms with E-state index in [2.05, 4.69) is 25.5 Å². The van der Waals surface area contributed by atoms with E-state index < -0.39 is 11.7 Å². The molecule has 4 rings (SSSR count). The van der Waals surface area contributed by atoms with Crippen molar-refractivity contribution >= 4 is 11.5 Å². The Bertz CT molecular complexity index is 982. The van der Waals surface area contributed by atoms with Crippen molar-refractivity contribution in [1.29, 1.82) is 0 Å². The van der Waals surface area contributed by atoms with Gasteiger partial charge in [-0.2, -0.15) is 17.7 Å². The summed E-state index contributed by atoms with van der Waals surface area (Å²) in [5.41, 5.74) is 0.981. The van der Waals surface area contributed by atoms with Crippen LogP contribution in [0.3, 0.4) is 0 Å². The van der Waals surface area contributed by atoms with Gasteiger partial charge in [0.25, 0.3) is 0 Å². The largest absolute Gasteiger partial charge is 0.416 e. The molecule has 0 spiro atoms. The van der Waals surface area contributed by atoms with E-state index in [9.17, 15) is 13.2 Å². The molecule has 0 saturated carbocycles. The minimum atomic E-state index is -4.32. The van der Waals surface area contributed by atoms with E-state index >= 15 is 0 Å². The molecule has 9 heteroatoms. The highest BCUT2D eigenvalue weighted by atomic mass is 19.4. The topological polar surface area (TPSA) is 58.4 Å². The normalized spacial score (nSPS) is 20.9. The van der Waals surface area contributed by atoms with Crippen LogP contribution < -0.4 is 5.32 Å². The number of anilines is 1. The lowest BCUT2D eigenvalue weighted by atomic mass is 9.84. The van der Waals surface area contributed by atoms with Crippen molar-refractivity contribution in [2.75, 3.05) is 25.5 Å². The summed E-state index contributed by atoms with van der Waals surface area (Å²) in [4.78, 5) is 2.22. The van der Waals surface area contributed by atoms with Crippen LogP contribution in [0.2, 0.25) is 0 Å². The summed E-state index contributed by atoms with van der Waals surface area (Å²) < 4.78 is 40.4. The Hall–Kier alpha value is -2.68. The zero-order valence-electron chi connectivity index (χ0n) is 16.3. The predicted octanol–water partition coefficient (Wildman–Crippen LogP) is 3.95. The van der Waals surface area contributed by atoms with Crippen LogP contribution in [0, 0.1) is 12.8 Å². The van der Waals surface area contributed by atoms with Gasteiger partial charge in [0.05, 0.1) is 5.56 Å². The number of hydrogen-bond acceptors (Lipinski definition) is 5. The quantitative estimate of drug-likeness (QED) is 0.714. The molecule has 2 atom stereocenters. The number of likely N-dealkylation sites (tertiary alicyclic amines) is 1. The van der Waals surface area contributed by atoms with Crippen LogP contribution in [-0.4, -0.2) is 44.8 Å². The van der Waals surface area contributed by atoms with Crippen molar-refractivity contribution in [3.8, 4) is 0 Å². The van der Waals surface area contributed by atoms with Gasteiger partial charge in [-0.25, -0.2) is 0 Å². The molecule has 3 heterocycles. The van der Waals surface area contributed by atoms with Crippen molar-refractivity contribution in [2.24, 2.45) is 5.92 Å². The predicted molar refractivity (Wildman–Crippen MR) is 104 cm³/mol. The van der Waals surface area contributed by atoms with Gasteiger partial charge in [-0.1, -0.05) is 12.1 Å².